The first kappa shape index (κ1) is 18.5. The smallest absolute Gasteiger partial charge is 0.318 e. The molecule has 1 saturated carbocycles. The summed E-state index contributed by atoms with van der Waals surface area (Å²) >= 11 is 0. The van der Waals surface area contributed by atoms with Crippen LogP contribution in [-0.2, 0) is 13.1 Å². The number of nitrogens with two attached hydrogens (primary N) is 1. The van der Waals surface area contributed by atoms with Crippen LogP contribution in [-0.4, -0.2) is 44.9 Å². The molecule has 1 aromatic carbocycles. The maximum atomic E-state index is 13.7. The van der Waals surface area contributed by atoms with Crippen LogP contribution in [0.2, 0.25) is 0 Å². The Morgan fingerprint density at radius 2 is 2.07 bits per heavy atom. The summed E-state index contributed by atoms with van der Waals surface area (Å²) in [5.74, 6) is -0.563. The molecule has 2 aromatic rings. The normalized spacial score (nSPS) is 23.7. The molecule has 0 spiro atoms. The summed E-state index contributed by atoms with van der Waals surface area (Å²) < 4.78 is 15.4. The highest BCUT2D eigenvalue weighted by Crippen LogP contribution is 2.35. The number of halogens is 1. The summed E-state index contributed by atoms with van der Waals surface area (Å²) in [6.45, 7) is 4.69. The van der Waals surface area contributed by atoms with Crippen molar-refractivity contribution in [3.05, 3.63) is 41.1 Å². The van der Waals surface area contributed by atoms with Gasteiger partial charge < -0.3 is 16.0 Å². The molecule has 0 saturated heterocycles. The van der Waals surface area contributed by atoms with Crippen LogP contribution in [0.15, 0.2) is 24.3 Å². The Bertz CT molecular complexity index is 944. The third-order valence-electron chi connectivity index (χ3n) is 5.48. The largest absolute Gasteiger partial charge is 0.365 e. The number of hydrogen-bond donors (Lipinski definition) is 2. The second-order valence-corrected chi connectivity index (χ2v) is 8.02. The molecular formula is C20H24FN5O2. The number of benzene rings is 1. The highest BCUT2D eigenvalue weighted by molar-refractivity contribution is 6.00. The van der Waals surface area contributed by atoms with Crippen LogP contribution in [0.25, 0.3) is 11.3 Å². The molecule has 148 valence electrons. The van der Waals surface area contributed by atoms with Gasteiger partial charge in [-0.05, 0) is 19.9 Å². The molecule has 8 heteroatoms. The molecule has 1 aromatic heterocycles. The van der Waals surface area contributed by atoms with E-state index in [0.717, 1.165) is 11.1 Å². The van der Waals surface area contributed by atoms with Crippen molar-refractivity contribution in [3.8, 4) is 11.3 Å². The molecular weight excluding hydrogens is 361 g/mol. The van der Waals surface area contributed by atoms with Gasteiger partial charge in [-0.3, -0.25) is 9.48 Å². The first-order valence-electron chi connectivity index (χ1n) is 9.44. The summed E-state index contributed by atoms with van der Waals surface area (Å²) in [7, 11) is 0. The molecule has 3 amide bonds. The summed E-state index contributed by atoms with van der Waals surface area (Å²) in [5.41, 5.74) is 7.88. The van der Waals surface area contributed by atoms with E-state index in [0.29, 0.717) is 42.9 Å². The fourth-order valence-corrected chi connectivity index (χ4v) is 4.08. The van der Waals surface area contributed by atoms with Crippen molar-refractivity contribution in [1.29, 1.82) is 0 Å². The summed E-state index contributed by atoms with van der Waals surface area (Å²) in [5, 5.41) is 7.46. The molecule has 0 bridgehead atoms. The quantitative estimate of drug-likeness (QED) is 0.849. The lowest BCUT2D eigenvalue weighted by atomic mass is 9.79. The summed E-state index contributed by atoms with van der Waals surface area (Å²) in [6, 6.07) is 7.33. The minimum atomic E-state index is -1.19. The van der Waals surface area contributed by atoms with E-state index in [1.165, 1.54) is 0 Å². The molecule has 2 heterocycles. The van der Waals surface area contributed by atoms with Crippen LogP contribution in [0.5, 0.6) is 0 Å². The standard InChI is InChI=1S/C20H24FN5O2/c1-12-4-3-5-13(8-12)17-16(18(22)27)15-11-25(6-7-26(15)24-17)19(28)23-14-9-20(2,21)10-14/h3-5,8,14H,6-7,9-11H2,1-2H3,(H2,22,27)(H,23,28). The van der Waals surface area contributed by atoms with Gasteiger partial charge in [-0.1, -0.05) is 23.8 Å². The highest BCUT2D eigenvalue weighted by Gasteiger charge is 2.42. The van der Waals surface area contributed by atoms with Gasteiger partial charge in [-0.25, -0.2) is 9.18 Å². The van der Waals surface area contributed by atoms with E-state index in [-0.39, 0.29) is 18.6 Å². The van der Waals surface area contributed by atoms with Crippen LogP contribution in [0, 0.1) is 6.92 Å². The Morgan fingerprint density at radius 1 is 1.32 bits per heavy atom. The van der Waals surface area contributed by atoms with E-state index < -0.39 is 11.6 Å². The molecule has 0 radical (unpaired) electrons. The summed E-state index contributed by atoms with van der Waals surface area (Å²) in [6.07, 6.45) is 0.656. The van der Waals surface area contributed by atoms with E-state index in [1.54, 1.807) is 16.5 Å². The SMILES string of the molecule is Cc1cccc(-c2nn3c(c2C(N)=O)CN(C(=O)NC2CC(C)(F)C2)CC3)c1. The number of aromatic nitrogens is 2. The van der Waals surface area contributed by atoms with E-state index in [2.05, 4.69) is 10.4 Å². The van der Waals surface area contributed by atoms with E-state index in [1.807, 2.05) is 31.2 Å². The maximum absolute atomic E-state index is 13.7. The topological polar surface area (TPSA) is 93.2 Å². The molecule has 7 nitrogen and oxygen atoms in total. The monoisotopic (exact) mass is 385 g/mol. The van der Waals surface area contributed by atoms with Gasteiger partial charge in [0.25, 0.3) is 5.91 Å². The minimum Gasteiger partial charge on any atom is -0.365 e. The number of carbonyl (C=O) groups excluding carboxylic acids is 2. The molecule has 2 aliphatic rings. The van der Waals surface area contributed by atoms with Gasteiger partial charge in [0.05, 0.1) is 24.3 Å². The van der Waals surface area contributed by atoms with Gasteiger partial charge >= 0.3 is 6.03 Å². The number of carbonyl (C=O) groups is 2. The van der Waals surface area contributed by atoms with E-state index in [4.69, 9.17) is 5.73 Å². The molecule has 3 N–H and O–H groups in total. The number of urea groups is 1. The maximum Gasteiger partial charge on any atom is 0.318 e. The van der Waals surface area contributed by atoms with Crippen molar-refractivity contribution in [2.75, 3.05) is 6.54 Å². The Hall–Kier alpha value is -2.90. The zero-order valence-electron chi connectivity index (χ0n) is 16.0. The number of nitrogens with one attached hydrogen (secondary N) is 1. The Balaban J connectivity index is 1.58. The van der Waals surface area contributed by atoms with Gasteiger partial charge in [0.2, 0.25) is 0 Å². The predicted octanol–water partition coefficient (Wildman–Crippen LogP) is 2.37. The van der Waals surface area contributed by atoms with E-state index in [9.17, 15) is 14.0 Å². The van der Waals surface area contributed by atoms with Crippen molar-refractivity contribution in [2.45, 2.75) is 51.5 Å². The fourth-order valence-electron chi connectivity index (χ4n) is 4.08. The third kappa shape index (κ3) is 3.34. The number of fused-ring (bicyclic) bond motifs is 1. The fraction of sp³-hybridized carbons (Fsp3) is 0.450. The van der Waals surface area contributed by atoms with Gasteiger partial charge in [0.1, 0.15) is 11.4 Å². The van der Waals surface area contributed by atoms with Crippen LogP contribution >= 0.6 is 0 Å². The molecule has 0 unspecified atom stereocenters. The third-order valence-corrected chi connectivity index (χ3v) is 5.48. The first-order chi connectivity index (χ1) is 13.2. The van der Waals surface area contributed by atoms with Crippen molar-refractivity contribution in [2.24, 2.45) is 5.73 Å². The molecule has 1 aliphatic heterocycles. The van der Waals surface area contributed by atoms with Gasteiger partial charge in [0.15, 0.2) is 0 Å². The molecule has 28 heavy (non-hydrogen) atoms. The number of nitrogens with zero attached hydrogens (tertiary/aromatic N) is 3. The first-order valence-corrected chi connectivity index (χ1v) is 9.44. The predicted molar refractivity (Wildman–Crippen MR) is 102 cm³/mol. The molecule has 4 rings (SSSR count). The average Bonchev–Trinajstić information content (AvgIpc) is 2.99. The van der Waals surface area contributed by atoms with Crippen molar-refractivity contribution in [3.63, 3.8) is 0 Å². The van der Waals surface area contributed by atoms with Gasteiger partial charge in [0, 0.05) is 31.0 Å². The van der Waals surface area contributed by atoms with Crippen LogP contribution < -0.4 is 11.1 Å². The van der Waals surface area contributed by atoms with Gasteiger partial charge in [-0.15, -0.1) is 0 Å². The number of primary amides is 1. The van der Waals surface area contributed by atoms with E-state index >= 15 is 0 Å². The van der Waals surface area contributed by atoms with Gasteiger partial charge in [-0.2, -0.15) is 5.10 Å². The Morgan fingerprint density at radius 3 is 2.71 bits per heavy atom. The molecule has 1 fully saturated rings. The second kappa shape index (κ2) is 6.61. The lowest BCUT2D eigenvalue weighted by Gasteiger charge is -2.40. The van der Waals surface area contributed by atoms with Crippen LogP contribution in [0.3, 0.4) is 0 Å². The number of hydrogen-bond acceptors (Lipinski definition) is 3. The Labute approximate surface area is 162 Å². The number of rotatable bonds is 3. The highest BCUT2D eigenvalue weighted by atomic mass is 19.1. The number of alkyl halides is 1. The van der Waals surface area contributed by atoms with Crippen LogP contribution in [0.4, 0.5) is 9.18 Å². The molecule has 1 aliphatic carbocycles. The lowest BCUT2D eigenvalue weighted by molar-refractivity contribution is 0.0489. The zero-order chi connectivity index (χ0) is 20.1. The lowest BCUT2D eigenvalue weighted by Crippen LogP contribution is -2.55. The zero-order valence-corrected chi connectivity index (χ0v) is 16.0. The minimum absolute atomic E-state index is 0.146. The Kier molecular flexibility index (Phi) is 4.36. The second-order valence-electron chi connectivity index (χ2n) is 8.02. The van der Waals surface area contributed by atoms with Crippen molar-refractivity contribution >= 4 is 11.9 Å². The average molecular weight is 385 g/mol. The van der Waals surface area contributed by atoms with Crippen LogP contribution in [0.1, 0.15) is 41.4 Å². The number of aryl methyl sites for hydroxylation is 1. The summed E-state index contributed by atoms with van der Waals surface area (Å²) in [4.78, 5) is 26.4. The molecule has 0 atom stereocenters. The van der Waals surface area contributed by atoms with Crippen molar-refractivity contribution in [1.82, 2.24) is 20.0 Å². The van der Waals surface area contributed by atoms with Crippen molar-refractivity contribution < 1.29 is 14.0 Å². The number of amides is 3.